The van der Waals surface area contributed by atoms with Gasteiger partial charge in [0.1, 0.15) is 5.69 Å². The first kappa shape index (κ1) is 14.6. The number of carbonyl (C=O) groups excluding carboxylic acids is 2. The molecule has 0 fully saturated rings. The number of amides is 2. The number of hydrogen-bond acceptors (Lipinski definition) is 5. The average Bonchev–Trinajstić information content (AvgIpc) is 2.72. The van der Waals surface area contributed by atoms with E-state index in [1.807, 2.05) is 13.8 Å². The minimum absolute atomic E-state index is 0.119. The number of rotatable bonds is 5. The zero-order valence-electron chi connectivity index (χ0n) is 10.6. The quantitative estimate of drug-likeness (QED) is 0.740. The molecule has 0 aliphatic rings. The molecular weight excluding hydrogens is 254 g/mol. The van der Waals surface area contributed by atoms with E-state index in [1.54, 1.807) is 5.38 Å². The summed E-state index contributed by atoms with van der Waals surface area (Å²) in [4.78, 5) is 26.6. The lowest BCUT2D eigenvalue weighted by Crippen LogP contribution is -2.41. The van der Waals surface area contributed by atoms with Crippen LogP contribution in [0.3, 0.4) is 0 Å². The predicted octanol–water partition coefficient (Wildman–Crippen LogP) is 0.848. The molecule has 0 radical (unpaired) electrons. The van der Waals surface area contributed by atoms with Gasteiger partial charge in [-0.25, -0.2) is 4.98 Å². The van der Waals surface area contributed by atoms with E-state index >= 15 is 0 Å². The van der Waals surface area contributed by atoms with Crippen molar-refractivity contribution >= 4 is 28.3 Å². The molecule has 1 aromatic rings. The third-order valence-corrected chi connectivity index (χ3v) is 3.10. The van der Waals surface area contributed by atoms with Crippen LogP contribution in [-0.2, 0) is 4.79 Å². The van der Waals surface area contributed by atoms with E-state index in [9.17, 15) is 9.59 Å². The lowest BCUT2D eigenvalue weighted by atomic mass is 10.1. The maximum atomic E-state index is 11.8. The monoisotopic (exact) mass is 271 g/mol. The summed E-state index contributed by atoms with van der Waals surface area (Å²) in [6, 6.07) is -0.302. The Morgan fingerprint density at radius 3 is 2.67 bits per heavy atom. The van der Waals surface area contributed by atoms with Crippen LogP contribution in [0.5, 0.6) is 0 Å². The number of aliphatic hydroxyl groups excluding tert-OH is 1. The fourth-order valence-electron chi connectivity index (χ4n) is 1.25. The summed E-state index contributed by atoms with van der Waals surface area (Å²) in [7, 11) is 0. The fraction of sp³-hybridized carbons (Fsp3) is 0.545. The molecule has 18 heavy (non-hydrogen) atoms. The summed E-state index contributed by atoms with van der Waals surface area (Å²) in [6.07, 6.45) is 0. The lowest BCUT2D eigenvalue weighted by molar-refractivity contribution is -0.114. The Morgan fingerprint density at radius 2 is 2.17 bits per heavy atom. The smallest absolute Gasteiger partial charge is 0.271 e. The number of carbonyl (C=O) groups is 2. The average molecular weight is 271 g/mol. The first-order chi connectivity index (χ1) is 8.43. The maximum Gasteiger partial charge on any atom is 0.271 e. The lowest BCUT2D eigenvalue weighted by Gasteiger charge is -2.19. The van der Waals surface area contributed by atoms with E-state index in [0.717, 1.165) is 0 Å². The molecule has 0 aliphatic carbocycles. The molecule has 0 saturated heterocycles. The molecule has 1 rings (SSSR count). The van der Waals surface area contributed by atoms with Crippen LogP contribution in [0.25, 0.3) is 0 Å². The van der Waals surface area contributed by atoms with Gasteiger partial charge in [-0.1, -0.05) is 13.8 Å². The molecule has 100 valence electrons. The van der Waals surface area contributed by atoms with Gasteiger partial charge in [0.2, 0.25) is 5.91 Å². The Kier molecular flexibility index (Phi) is 5.24. The van der Waals surface area contributed by atoms with Crippen LogP contribution in [0, 0.1) is 5.92 Å². The Hall–Kier alpha value is -1.47. The van der Waals surface area contributed by atoms with Crippen molar-refractivity contribution in [1.82, 2.24) is 10.3 Å². The van der Waals surface area contributed by atoms with Gasteiger partial charge in [-0.2, -0.15) is 0 Å². The zero-order valence-corrected chi connectivity index (χ0v) is 11.4. The highest BCUT2D eigenvalue weighted by Gasteiger charge is 2.18. The van der Waals surface area contributed by atoms with Crippen LogP contribution in [0.2, 0.25) is 0 Å². The van der Waals surface area contributed by atoms with Crippen molar-refractivity contribution in [3.8, 4) is 0 Å². The van der Waals surface area contributed by atoms with E-state index in [4.69, 9.17) is 5.11 Å². The van der Waals surface area contributed by atoms with Crippen molar-refractivity contribution in [1.29, 1.82) is 0 Å². The molecule has 0 spiro atoms. The summed E-state index contributed by atoms with van der Waals surface area (Å²) in [5, 5.41) is 16.3. The van der Waals surface area contributed by atoms with Crippen LogP contribution in [-0.4, -0.2) is 34.6 Å². The minimum atomic E-state index is -0.351. The van der Waals surface area contributed by atoms with Crippen LogP contribution in [0.1, 0.15) is 31.3 Å². The number of anilines is 1. The highest BCUT2D eigenvalue weighted by molar-refractivity contribution is 7.14. The predicted molar refractivity (Wildman–Crippen MR) is 69.6 cm³/mol. The Labute approximate surface area is 109 Å². The molecule has 7 heteroatoms. The number of nitrogens with one attached hydrogen (secondary N) is 2. The van der Waals surface area contributed by atoms with Crippen LogP contribution in [0.4, 0.5) is 5.13 Å². The standard InChI is InChI=1S/C11H17N3O3S/c1-6(2)8(4-15)13-10(17)9-5-18-11(14-9)12-7(3)16/h5-6,8,15H,4H2,1-3H3,(H,13,17)(H,12,14,16)/t8-/m1/s1. The summed E-state index contributed by atoms with van der Waals surface area (Å²) in [5.41, 5.74) is 0.239. The molecule has 1 aromatic heterocycles. The zero-order chi connectivity index (χ0) is 13.7. The molecule has 1 heterocycles. The maximum absolute atomic E-state index is 11.8. The summed E-state index contributed by atoms with van der Waals surface area (Å²) in [5.74, 6) is -0.449. The minimum Gasteiger partial charge on any atom is -0.394 e. The molecule has 0 bridgehead atoms. The number of thiazole rings is 1. The van der Waals surface area contributed by atoms with Gasteiger partial charge in [-0.05, 0) is 5.92 Å². The topological polar surface area (TPSA) is 91.3 Å². The summed E-state index contributed by atoms with van der Waals surface area (Å²) < 4.78 is 0. The number of aromatic nitrogens is 1. The number of nitrogens with zero attached hydrogens (tertiary/aromatic N) is 1. The van der Waals surface area contributed by atoms with Crippen LogP contribution >= 0.6 is 11.3 Å². The van der Waals surface area contributed by atoms with E-state index in [-0.39, 0.29) is 36.1 Å². The van der Waals surface area contributed by atoms with Gasteiger partial charge in [-0.3, -0.25) is 9.59 Å². The van der Waals surface area contributed by atoms with Gasteiger partial charge < -0.3 is 15.7 Å². The van der Waals surface area contributed by atoms with E-state index in [2.05, 4.69) is 15.6 Å². The summed E-state index contributed by atoms with van der Waals surface area (Å²) >= 11 is 1.18. The van der Waals surface area contributed by atoms with Gasteiger partial charge in [0.15, 0.2) is 5.13 Å². The van der Waals surface area contributed by atoms with Gasteiger partial charge in [0.25, 0.3) is 5.91 Å². The molecule has 0 aliphatic heterocycles. The number of hydrogen-bond donors (Lipinski definition) is 3. The van der Waals surface area contributed by atoms with Gasteiger partial charge in [-0.15, -0.1) is 11.3 Å². The van der Waals surface area contributed by atoms with Crippen molar-refractivity contribution in [2.45, 2.75) is 26.8 Å². The number of aliphatic hydroxyl groups is 1. The second-order valence-electron chi connectivity index (χ2n) is 4.23. The fourth-order valence-corrected chi connectivity index (χ4v) is 1.99. The Bertz CT molecular complexity index is 431. The van der Waals surface area contributed by atoms with Crippen molar-refractivity contribution in [2.24, 2.45) is 5.92 Å². The van der Waals surface area contributed by atoms with Crippen LogP contribution < -0.4 is 10.6 Å². The molecule has 2 amide bonds. The second kappa shape index (κ2) is 6.46. The first-order valence-electron chi connectivity index (χ1n) is 5.59. The molecule has 6 nitrogen and oxygen atoms in total. The van der Waals surface area contributed by atoms with Gasteiger partial charge in [0.05, 0.1) is 12.6 Å². The molecule has 0 saturated carbocycles. The van der Waals surface area contributed by atoms with E-state index < -0.39 is 0 Å². The highest BCUT2D eigenvalue weighted by atomic mass is 32.1. The van der Waals surface area contributed by atoms with E-state index in [1.165, 1.54) is 18.3 Å². The molecule has 1 atom stereocenters. The SMILES string of the molecule is CC(=O)Nc1nc(C(=O)N[C@H](CO)C(C)C)cs1. The summed E-state index contributed by atoms with van der Waals surface area (Å²) in [6.45, 7) is 5.07. The van der Waals surface area contributed by atoms with Crippen molar-refractivity contribution in [3.63, 3.8) is 0 Å². The van der Waals surface area contributed by atoms with Gasteiger partial charge >= 0.3 is 0 Å². The molecule has 3 N–H and O–H groups in total. The van der Waals surface area contributed by atoms with Crippen LogP contribution in [0.15, 0.2) is 5.38 Å². The highest BCUT2D eigenvalue weighted by Crippen LogP contribution is 2.15. The van der Waals surface area contributed by atoms with Gasteiger partial charge in [0, 0.05) is 12.3 Å². The second-order valence-corrected chi connectivity index (χ2v) is 5.08. The van der Waals surface area contributed by atoms with E-state index in [0.29, 0.717) is 5.13 Å². The van der Waals surface area contributed by atoms with Crippen molar-refractivity contribution in [2.75, 3.05) is 11.9 Å². The third-order valence-electron chi connectivity index (χ3n) is 2.34. The van der Waals surface area contributed by atoms with Crippen molar-refractivity contribution < 1.29 is 14.7 Å². The largest absolute Gasteiger partial charge is 0.394 e. The normalized spacial score (nSPS) is 12.3. The Balaban J connectivity index is 2.66. The first-order valence-corrected chi connectivity index (χ1v) is 6.46. The molecular formula is C11H17N3O3S. The molecule has 0 unspecified atom stereocenters. The molecule has 0 aromatic carbocycles. The van der Waals surface area contributed by atoms with Crippen molar-refractivity contribution in [3.05, 3.63) is 11.1 Å². The Morgan fingerprint density at radius 1 is 1.50 bits per heavy atom. The third kappa shape index (κ3) is 4.08.